The maximum absolute atomic E-state index is 12.5. The van der Waals surface area contributed by atoms with E-state index in [4.69, 9.17) is 0 Å². The normalized spacial score (nSPS) is 17.7. The standard InChI is InChI=1S/C20H26N2OS/c1-21(20(23)13-5-11-19-12-7-15-24-19)18-10-6-14-22(16-18)17-8-3-2-4-9-17/h2-4,7-9,12,15,18H,5-6,10-11,13-14,16H2,1H3. The molecule has 3 nitrogen and oxygen atoms in total. The van der Waals surface area contributed by atoms with Crippen LogP contribution in [-0.2, 0) is 11.2 Å². The molecule has 1 amide bonds. The number of amides is 1. The molecule has 0 saturated carbocycles. The van der Waals surface area contributed by atoms with Crippen molar-refractivity contribution in [3.05, 3.63) is 52.7 Å². The summed E-state index contributed by atoms with van der Waals surface area (Å²) in [6.45, 7) is 2.03. The summed E-state index contributed by atoms with van der Waals surface area (Å²) in [6.07, 6.45) is 4.86. The minimum atomic E-state index is 0.284. The molecular weight excluding hydrogens is 316 g/mol. The molecule has 2 heterocycles. The van der Waals surface area contributed by atoms with Crippen molar-refractivity contribution in [2.24, 2.45) is 0 Å². The van der Waals surface area contributed by atoms with E-state index >= 15 is 0 Å². The fourth-order valence-electron chi connectivity index (χ4n) is 3.39. The second-order valence-corrected chi connectivity index (χ2v) is 7.55. The van der Waals surface area contributed by atoms with Crippen LogP contribution in [0.4, 0.5) is 5.69 Å². The van der Waals surface area contributed by atoms with Crippen molar-refractivity contribution in [2.75, 3.05) is 25.0 Å². The van der Waals surface area contributed by atoms with Crippen LogP contribution in [0.3, 0.4) is 0 Å². The quantitative estimate of drug-likeness (QED) is 0.785. The van der Waals surface area contributed by atoms with E-state index in [1.54, 1.807) is 11.3 Å². The average Bonchev–Trinajstić information content (AvgIpc) is 3.15. The molecule has 128 valence electrons. The molecule has 1 unspecified atom stereocenters. The van der Waals surface area contributed by atoms with Crippen LogP contribution < -0.4 is 4.90 Å². The van der Waals surface area contributed by atoms with Gasteiger partial charge in [0.1, 0.15) is 0 Å². The average molecular weight is 343 g/mol. The monoisotopic (exact) mass is 342 g/mol. The number of thiophene rings is 1. The first-order valence-electron chi connectivity index (χ1n) is 8.82. The number of aryl methyl sites for hydroxylation is 1. The Balaban J connectivity index is 1.50. The van der Waals surface area contributed by atoms with E-state index < -0.39 is 0 Å². The zero-order valence-electron chi connectivity index (χ0n) is 14.4. The van der Waals surface area contributed by atoms with Gasteiger partial charge in [-0.15, -0.1) is 11.3 Å². The Labute approximate surface area is 148 Å². The summed E-state index contributed by atoms with van der Waals surface area (Å²) >= 11 is 1.78. The number of rotatable bonds is 6. The summed E-state index contributed by atoms with van der Waals surface area (Å²) < 4.78 is 0. The summed E-state index contributed by atoms with van der Waals surface area (Å²) in [6, 6.07) is 15.1. The summed E-state index contributed by atoms with van der Waals surface area (Å²) in [7, 11) is 1.98. The highest BCUT2D eigenvalue weighted by atomic mass is 32.1. The Morgan fingerprint density at radius 3 is 2.83 bits per heavy atom. The van der Waals surface area contributed by atoms with Crippen LogP contribution in [0.5, 0.6) is 0 Å². The van der Waals surface area contributed by atoms with E-state index in [9.17, 15) is 4.79 Å². The van der Waals surface area contributed by atoms with Crippen molar-refractivity contribution >= 4 is 22.9 Å². The van der Waals surface area contributed by atoms with E-state index in [1.165, 1.54) is 10.6 Å². The Kier molecular flexibility index (Phi) is 5.91. The molecule has 0 N–H and O–H groups in total. The van der Waals surface area contributed by atoms with Crippen LogP contribution in [-0.4, -0.2) is 37.0 Å². The molecule has 4 heteroatoms. The van der Waals surface area contributed by atoms with E-state index in [0.29, 0.717) is 12.5 Å². The molecule has 0 radical (unpaired) electrons. The Hall–Kier alpha value is -1.81. The molecule has 1 aliphatic rings. The largest absolute Gasteiger partial charge is 0.369 e. The Bertz CT molecular complexity index is 626. The number of hydrogen-bond donors (Lipinski definition) is 0. The van der Waals surface area contributed by atoms with Crippen molar-refractivity contribution in [2.45, 2.75) is 38.1 Å². The summed E-state index contributed by atoms with van der Waals surface area (Å²) in [5, 5.41) is 2.10. The van der Waals surface area contributed by atoms with Gasteiger partial charge in [0.15, 0.2) is 0 Å². The molecule has 0 bridgehead atoms. The molecule has 0 spiro atoms. The van der Waals surface area contributed by atoms with Gasteiger partial charge >= 0.3 is 0 Å². The molecule has 1 atom stereocenters. The fourth-order valence-corrected chi connectivity index (χ4v) is 4.14. The molecule has 24 heavy (non-hydrogen) atoms. The van der Waals surface area contributed by atoms with Crippen LogP contribution in [0.1, 0.15) is 30.6 Å². The number of nitrogens with zero attached hydrogens (tertiary/aromatic N) is 2. The van der Waals surface area contributed by atoms with Gasteiger partial charge in [-0.2, -0.15) is 0 Å². The molecular formula is C20H26N2OS. The number of hydrogen-bond acceptors (Lipinski definition) is 3. The number of para-hydroxylation sites is 1. The second-order valence-electron chi connectivity index (χ2n) is 6.52. The van der Waals surface area contributed by atoms with Crippen molar-refractivity contribution in [3.63, 3.8) is 0 Å². The lowest BCUT2D eigenvalue weighted by Crippen LogP contribution is -2.48. The van der Waals surface area contributed by atoms with Crippen LogP contribution in [0.2, 0.25) is 0 Å². The van der Waals surface area contributed by atoms with Crippen LogP contribution in [0.15, 0.2) is 47.8 Å². The molecule has 0 aliphatic carbocycles. The van der Waals surface area contributed by atoms with Crippen molar-refractivity contribution in [1.29, 1.82) is 0 Å². The highest BCUT2D eigenvalue weighted by Crippen LogP contribution is 2.22. The zero-order chi connectivity index (χ0) is 16.8. The maximum atomic E-state index is 12.5. The van der Waals surface area contributed by atoms with E-state index in [2.05, 4.69) is 46.7 Å². The maximum Gasteiger partial charge on any atom is 0.222 e. The second kappa shape index (κ2) is 8.34. The van der Waals surface area contributed by atoms with Crippen molar-refractivity contribution < 1.29 is 4.79 Å². The molecule has 3 rings (SSSR count). The number of carbonyl (C=O) groups excluding carboxylic acids is 1. The van der Waals surface area contributed by atoms with Gasteiger partial charge < -0.3 is 9.80 Å². The smallest absolute Gasteiger partial charge is 0.222 e. The summed E-state index contributed by atoms with van der Waals surface area (Å²) in [4.78, 5) is 18.3. The molecule has 2 aromatic rings. The predicted octanol–water partition coefficient (Wildman–Crippen LogP) is 4.20. The minimum absolute atomic E-state index is 0.284. The van der Waals surface area contributed by atoms with Crippen LogP contribution in [0, 0.1) is 0 Å². The number of likely N-dealkylation sites (N-methyl/N-ethyl adjacent to an activating group) is 1. The third-order valence-electron chi connectivity index (χ3n) is 4.85. The minimum Gasteiger partial charge on any atom is -0.369 e. The highest BCUT2D eigenvalue weighted by molar-refractivity contribution is 7.09. The van der Waals surface area contributed by atoms with E-state index in [0.717, 1.165) is 38.8 Å². The fraction of sp³-hybridized carbons (Fsp3) is 0.450. The van der Waals surface area contributed by atoms with Gasteiger partial charge in [0.2, 0.25) is 5.91 Å². The van der Waals surface area contributed by atoms with E-state index in [1.807, 2.05) is 18.0 Å². The summed E-state index contributed by atoms with van der Waals surface area (Å²) in [5.74, 6) is 0.284. The first-order chi connectivity index (χ1) is 11.7. The Morgan fingerprint density at radius 1 is 1.25 bits per heavy atom. The third kappa shape index (κ3) is 4.38. The van der Waals surface area contributed by atoms with Gasteiger partial charge in [0, 0.05) is 43.2 Å². The van der Waals surface area contributed by atoms with Crippen molar-refractivity contribution in [1.82, 2.24) is 4.90 Å². The van der Waals surface area contributed by atoms with Crippen LogP contribution >= 0.6 is 11.3 Å². The number of carbonyl (C=O) groups is 1. The molecule has 1 fully saturated rings. The highest BCUT2D eigenvalue weighted by Gasteiger charge is 2.25. The van der Waals surface area contributed by atoms with Gasteiger partial charge in [-0.25, -0.2) is 0 Å². The lowest BCUT2D eigenvalue weighted by molar-refractivity contribution is -0.132. The van der Waals surface area contributed by atoms with Gasteiger partial charge in [-0.3, -0.25) is 4.79 Å². The SMILES string of the molecule is CN(C(=O)CCCc1cccs1)C1CCCN(c2ccccc2)C1. The van der Waals surface area contributed by atoms with E-state index in [-0.39, 0.29) is 5.91 Å². The molecule has 1 aromatic carbocycles. The predicted molar refractivity (Wildman–Crippen MR) is 102 cm³/mol. The molecule has 1 saturated heterocycles. The van der Waals surface area contributed by atoms with Gasteiger partial charge in [0.05, 0.1) is 0 Å². The first-order valence-corrected chi connectivity index (χ1v) is 9.70. The van der Waals surface area contributed by atoms with Crippen LogP contribution in [0.25, 0.3) is 0 Å². The lowest BCUT2D eigenvalue weighted by Gasteiger charge is -2.39. The zero-order valence-corrected chi connectivity index (χ0v) is 15.2. The molecule has 1 aliphatic heterocycles. The van der Waals surface area contributed by atoms with Gasteiger partial charge in [-0.1, -0.05) is 24.3 Å². The number of anilines is 1. The lowest BCUT2D eigenvalue weighted by atomic mass is 10.0. The molecule has 1 aromatic heterocycles. The Morgan fingerprint density at radius 2 is 2.08 bits per heavy atom. The van der Waals surface area contributed by atoms with Gasteiger partial charge in [-0.05, 0) is 49.3 Å². The van der Waals surface area contributed by atoms with Gasteiger partial charge in [0.25, 0.3) is 0 Å². The number of benzene rings is 1. The number of piperidine rings is 1. The first kappa shape index (κ1) is 17.0. The van der Waals surface area contributed by atoms with Crippen molar-refractivity contribution in [3.8, 4) is 0 Å². The third-order valence-corrected chi connectivity index (χ3v) is 5.79. The topological polar surface area (TPSA) is 23.6 Å². The summed E-state index contributed by atoms with van der Waals surface area (Å²) in [5.41, 5.74) is 1.26.